The Morgan fingerprint density at radius 2 is 1.88 bits per heavy atom. The third kappa shape index (κ3) is 1.92. The van der Waals surface area contributed by atoms with Gasteiger partial charge in [0, 0.05) is 6.42 Å². The van der Waals surface area contributed by atoms with Gasteiger partial charge in [-0.25, -0.2) is 0 Å². The lowest BCUT2D eigenvalue weighted by Gasteiger charge is -2.13. The Morgan fingerprint density at radius 1 is 1.06 bits per heavy atom. The quantitative estimate of drug-likeness (QED) is 0.852. The zero-order valence-electron chi connectivity index (χ0n) is 9.47. The molecular formula is C15H14O2. The normalized spacial score (nSPS) is 16.6. The van der Waals surface area contributed by atoms with E-state index in [2.05, 4.69) is 12.1 Å². The van der Waals surface area contributed by atoms with Crippen LogP contribution in [0.2, 0.25) is 0 Å². The van der Waals surface area contributed by atoms with Gasteiger partial charge in [0.2, 0.25) is 0 Å². The van der Waals surface area contributed by atoms with Gasteiger partial charge in [-0.1, -0.05) is 36.4 Å². The zero-order valence-corrected chi connectivity index (χ0v) is 9.47. The van der Waals surface area contributed by atoms with E-state index >= 15 is 0 Å². The monoisotopic (exact) mass is 226 g/mol. The highest BCUT2D eigenvalue weighted by molar-refractivity contribution is 5.83. The minimum absolute atomic E-state index is 0.637. The fourth-order valence-corrected chi connectivity index (χ4v) is 2.17. The van der Waals surface area contributed by atoms with Gasteiger partial charge in [-0.3, -0.25) is 0 Å². The van der Waals surface area contributed by atoms with Gasteiger partial charge in [0.1, 0.15) is 11.9 Å². The number of ether oxygens (including phenoxy) is 1. The molecule has 0 aromatic heterocycles. The summed E-state index contributed by atoms with van der Waals surface area (Å²) in [6.45, 7) is 0.681. The van der Waals surface area contributed by atoms with E-state index in [-0.39, 0.29) is 0 Å². The molecule has 1 N–H and O–H groups in total. The lowest BCUT2D eigenvalue weighted by atomic mass is 10.0. The van der Waals surface area contributed by atoms with E-state index in [1.165, 1.54) is 5.39 Å². The van der Waals surface area contributed by atoms with Crippen molar-refractivity contribution in [2.45, 2.75) is 12.5 Å². The van der Waals surface area contributed by atoms with E-state index in [9.17, 15) is 5.11 Å². The molecule has 1 atom stereocenters. The van der Waals surface area contributed by atoms with Crippen LogP contribution in [0.3, 0.4) is 0 Å². The zero-order chi connectivity index (χ0) is 11.7. The molecule has 0 aliphatic carbocycles. The van der Waals surface area contributed by atoms with Crippen LogP contribution in [0.15, 0.2) is 54.3 Å². The summed E-state index contributed by atoms with van der Waals surface area (Å²) in [5.41, 5.74) is 0.886. The van der Waals surface area contributed by atoms with Crippen molar-refractivity contribution in [1.82, 2.24) is 0 Å². The average Bonchev–Trinajstić information content (AvgIpc) is 2.91. The van der Waals surface area contributed by atoms with Gasteiger partial charge in [-0.05, 0) is 28.5 Å². The Labute approximate surface area is 100 Å². The molecule has 0 bridgehead atoms. The number of benzene rings is 2. The minimum Gasteiger partial charge on any atom is -0.495 e. The summed E-state index contributed by atoms with van der Waals surface area (Å²) in [6.07, 6.45) is 2.21. The van der Waals surface area contributed by atoms with E-state index < -0.39 is 6.10 Å². The number of hydrogen-bond acceptors (Lipinski definition) is 2. The molecule has 0 radical (unpaired) electrons. The predicted molar refractivity (Wildman–Crippen MR) is 67.6 cm³/mol. The summed E-state index contributed by atoms with van der Waals surface area (Å²) in [5.74, 6) is 0.681. The van der Waals surface area contributed by atoms with E-state index in [4.69, 9.17) is 4.74 Å². The highest BCUT2D eigenvalue weighted by atomic mass is 16.5. The third-order valence-corrected chi connectivity index (χ3v) is 3.09. The van der Waals surface area contributed by atoms with Gasteiger partial charge in [-0.2, -0.15) is 0 Å². The first-order valence-corrected chi connectivity index (χ1v) is 5.84. The number of fused-ring (bicyclic) bond motifs is 1. The number of aliphatic hydroxyl groups excluding tert-OH is 1. The van der Waals surface area contributed by atoms with Crippen LogP contribution in [0.25, 0.3) is 10.8 Å². The van der Waals surface area contributed by atoms with Crippen molar-refractivity contribution in [3.63, 3.8) is 0 Å². The molecule has 86 valence electrons. The lowest BCUT2D eigenvalue weighted by Crippen LogP contribution is -2.02. The molecule has 1 heterocycles. The molecule has 0 amide bonds. The standard InChI is InChI=1S/C15H14O2/c16-15(14-6-3-9-17-14)13-8-7-11-4-1-2-5-12(11)10-13/h1-2,4-8,10,15-16H,3,9H2. The number of rotatable bonds is 2. The molecular weight excluding hydrogens is 212 g/mol. The smallest absolute Gasteiger partial charge is 0.136 e. The average molecular weight is 226 g/mol. The SMILES string of the molecule is OC(C1=CCCO1)c1ccc2ccccc2c1. The van der Waals surface area contributed by atoms with Crippen molar-refractivity contribution < 1.29 is 9.84 Å². The number of hydrogen-bond donors (Lipinski definition) is 1. The second-order valence-electron chi connectivity index (χ2n) is 4.25. The summed E-state index contributed by atoms with van der Waals surface area (Å²) in [6, 6.07) is 14.1. The van der Waals surface area contributed by atoms with Crippen molar-refractivity contribution >= 4 is 10.8 Å². The van der Waals surface area contributed by atoms with E-state index in [0.717, 1.165) is 17.4 Å². The van der Waals surface area contributed by atoms with Crippen molar-refractivity contribution in [3.05, 3.63) is 59.9 Å². The van der Waals surface area contributed by atoms with Gasteiger partial charge < -0.3 is 9.84 Å². The van der Waals surface area contributed by atoms with Crippen molar-refractivity contribution in [2.24, 2.45) is 0 Å². The van der Waals surface area contributed by atoms with Crippen LogP contribution in [-0.4, -0.2) is 11.7 Å². The van der Waals surface area contributed by atoms with Crippen LogP contribution in [0, 0.1) is 0 Å². The van der Waals surface area contributed by atoms with Crippen LogP contribution >= 0.6 is 0 Å². The highest BCUT2D eigenvalue weighted by Gasteiger charge is 2.17. The summed E-state index contributed by atoms with van der Waals surface area (Å²) < 4.78 is 5.39. The van der Waals surface area contributed by atoms with E-state index in [1.807, 2.05) is 36.4 Å². The Morgan fingerprint density at radius 3 is 2.65 bits per heavy atom. The molecule has 1 unspecified atom stereocenters. The first-order chi connectivity index (χ1) is 8.34. The molecule has 0 spiro atoms. The second-order valence-corrected chi connectivity index (χ2v) is 4.25. The van der Waals surface area contributed by atoms with Gasteiger partial charge in [0.05, 0.1) is 6.61 Å². The summed E-state index contributed by atoms with van der Waals surface area (Å²) in [5, 5.41) is 12.5. The van der Waals surface area contributed by atoms with Gasteiger partial charge >= 0.3 is 0 Å². The van der Waals surface area contributed by atoms with Gasteiger partial charge in [0.25, 0.3) is 0 Å². The molecule has 3 rings (SSSR count). The first kappa shape index (κ1) is 10.4. The van der Waals surface area contributed by atoms with Crippen LogP contribution in [-0.2, 0) is 4.74 Å². The first-order valence-electron chi connectivity index (χ1n) is 5.84. The second kappa shape index (κ2) is 4.22. The Balaban J connectivity index is 2.00. The molecule has 1 aliphatic rings. The van der Waals surface area contributed by atoms with Crippen LogP contribution in [0.5, 0.6) is 0 Å². The summed E-state index contributed by atoms with van der Waals surface area (Å²) in [7, 11) is 0. The fraction of sp³-hybridized carbons (Fsp3) is 0.200. The van der Waals surface area contributed by atoms with Crippen LogP contribution in [0.1, 0.15) is 18.1 Å². The summed E-state index contributed by atoms with van der Waals surface area (Å²) in [4.78, 5) is 0. The minimum atomic E-state index is -0.637. The molecule has 2 heteroatoms. The molecule has 0 saturated carbocycles. The lowest BCUT2D eigenvalue weighted by molar-refractivity contribution is 0.119. The summed E-state index contributed by atoms with van der Waals surface area (Å²) >= 11 is 0. The highest BCUT2D eigenvalue weighted by Crippen LogP contribution is 2.28. The van der Waals surface area contributed by atoms with Gasteiger partial charge in [0.15, 0.2) is 0 Å². The maximum Gasteiger partial charge on any atom is 0.136 e. The van der Waals surface area contributed by atoms with Crippen LogP contribution in [0.4, 0.5) is 0 Å². The predicted octanol–water partition coefficient (Wildman–Crippen LogP) is 3.18. The van der Waals surface area contributed by atoms with E-state index in [1.54, 1.807) is 0 Å². The Bertz CT molecular complexity index is 572. The third-order valence-electron chi connectivity index (χ3n) is 3.09. The maximum atomic E-state index is 10.2. The number of aliphatic hydroxyl groups is 1. The molecule has 17 heavy (non-hydrogen) atoms. The molecule has 1 aliphatic heterocycles. The van der Waals surface area contributed by atoms with Crippen LogP contribution < -0.4 is 0 Å². The maximum absolute atomic E-state index is 10.2. The molecule has 2 aromatic carbocycles. The fourth-order valence-electron chi connectivity index (χ4n) is 2.17. The van der Waals surface area contributed by atoms with Crippen molar-refractivity contribution in [3.8, 4) is 0 Å². The molecule has 0 fully saturated rings. The molecule has 0 saturated heterocycles. The van der Waals surface area contributed by atoms with E-state index in [0.29, 0.717) is 12.4 Å². The Hall–Kier alpha value is -1.80. The van der Waals surface area contributed by atoms with Crippen molar-refractivity contribution in [1.29, 1.82) is 0 Å². The molecule has 2 nitrogen and oxygen atoms in total. The van der Waals surface area contributed by atoms with Crippen molar-refractivity contribution in [2.75, 3.05) is 6.61 Å². The topological polar surface area (TPSA) is 29.5 Å². The molecule has 2 aromatic rings. The Kier molecular flexibility index (Phi) is 2.57. The largest absolute Gasteiger partial charge is 0.495 e. The van der Waals surface area contributed by atoms with Gasteiger partial charge in [-0.15, -0.1) is 0 Å².